The molecule has 0 saturated carbocycles. The number of carbonyl (C=O) groups is 3. The van der Waals surface area contributed by atoms with E-state index in [4.69, 9.17) is 27.9 Å². The molecule has 0 bridgehead atoms. The maximum Gasteiger partial charge on any atom is 0.311 e. The zero-order valence-corrected chi connectivity index (χ0v) is 15.7. The largest absolute Gasteiger partial charge is 0.455 e. The van der Waals surface area contributed by atoms with Gasteiger partial charge in [-0.15, -0.1) is 0 Å². The summed E-state index contributed by atoms with van der Waals surface area (Å²) in [4.78, 5) is 37.8. The number of esters is 1. The van der Waals surface area contributed by atoms with Crippen molar-refractivity contribution in [3.05, 3.63) is 58.6 Å². The van der Waals surface area contributed by atoms with Crippen molar-refractivity contribution in [2.24, 2.45) is 5.92 Å². The Balaban J connectivity index is 1.52. The molecule has 0 unspecified atom stereocenters. The van der Waals surface area contributed by atoms with Crippen LogP contribution in [0.4, 0.5) is 11.4 Å². The zero-order chi connectivity index (χ0) is 19.4. The Hall–Kier alpha value is -2.57. The van der Waals surface area contributed by atoms with Crippen LogP contribution < -0.4 is 10.2 Å². The smallest absolute Gasteiger partial charge is 0.311 e. The zero-order valence-electron chi connectivity index (χ0n) is 14.2. The Labute approximate surface area is 166 Å². The van der Waals surface area contributed by atoms with E-state index in [9.17, 15) is 14.4 Å². The summed E-state index contributed by atoms with van der Waals surface area (Å²) in [5, 5.41) is 3.63. The van der Waals surface area contributed by atoms with Gasteiger partial charge in [0.15, 0.2) is 6.61 Å². The molecule has 1 heterocycles. The lowest BCUT2D eigenvalue weighted by atomic mass is 10.1. The first kappa shape index (κ1) is 19.2. The Bertz CT molecular complexity index is 870. The molecular weight excluding hydrogens is 391 g/mol. The van der Waals surface area contributed by atoms with Crippen LogP contribution in [0.3, 0.4) is 0 Å². The molecule has 2 aromatic rings. The molecule has 3 rings (SSSR count). The second-order valence-electron chi connectivity index (χ2n) is 6.05. The SMILES string of the molecule is O=C(COC(=O)[C@@H]1CC(=O)N(c2ccc(Cl)cc2)C1)Nc1cccc(Cl)c1. The topological polar surface area (TPSA) is 75.7 Å². The third-order valence-electron chi connectivity index (χ3n) is 4.05. The van der Waals surface area contributed by atoms with Crippen molar-refractivity contribution in [1.29, 1.82) is 0 Å². The van der Waals surface area contributed by atoms with Crippen LogP contribution in [0.1, 0.15) is 6.42 Å². The number of nitrogens with zero attached hydrogens (tertiary/aromatic N) is 1. The Kier molecular flexibility index (Phi) is 5.98. The van der Waals surface area contributed by atoms with Crippen molar-refractivity contribution < 1.29 is 19.1 Å². The van der Waals surface area contributed by atoms with Gasteiger partial charge in [-0.25, -0.2) is 0 Å². The van der Waals surface area contributed by atoms with E-state index in [-0.39, 0.29) is 18.9 Å². The molecule has 27 heavy (non-hydrogen) atoms. The van der Waals surface area contributed by atoms with Gasteiger partial charge in [0.05, 0.1) is 5.92 Å². The Morgan fingerprint density at radius 1 is 1.11 bits per heavy atom. The van der Waals surface area contributed by atoms with E-state index in [1.165, 1.54) is 4.90 Å². The van der Waals surface area contributed by atoms with Gasteiger partial charge in [-0.05, 0) is 42.5 Å². The number of nitrogens with one attached hydrogen (secondary N) is 1. The van der Waals surface area contributed by atoms with E-state index in [1.54, 1.807) is 48.5 Å². The number of hydrogen-bond acceptors (Lipinski definition) is 4. The fourth-order valence-electron chi connectivity index (χ4n) is 2.75. The number of ether oxygens (including phenoxy) is 1. The number of hydrogen-bond donors (Lipinski definition) is 1. The molecule has 2 amide bonds. The molecule has 1 N–H and O–H groups in total. The average molecular weight is 407 g/mol. The number of halogens is 2. The predicted molar refractivity (Wildman–Crippen MR) is 103 cm³/mol. The average Bonchev–Trinajstić information content (AvgIpc) is 3.02. The second-order valence-corrected chi connectivity index (χ2v) is 6.92. The number of benzene rings is 2. The first-order chi connectivity index (χ1) is 12.9. The summed E-state index contributed by atoms with van der Waals surface area (Å²) in [5.74, 6) is -1.86. The van der Waals surface area contributed by atoms with Crippen molar-refractivity contribution in [2.75, 3.05) is 23.4 Å². The molecule has 6 nitrogen and oxygen atoms in total. The van der Waals surface area contributed by atoms with Gasteiger partial charge in [0.2, 0.25) is 5.91 Å². The molecule has 8 heteroatoms. The third kappa shape index (κ3) is 4.99. The van der Waals surface area contributed by atoms with Crippen LogP contribution in [0.15, 0.2) is 48.5 Å². The maximum atomic E-state index is 12.2. The highest BCUT2D eigenvalue weighted by Gasteiger charge is 2.36. The molecule has 0 aliphatic carbocycles. The highest BCUT2D eigenvalue weighted by Crippen LogP contribution is 2.27. The molecule has 0 radical (unpaired) electrons. The van der Waals surface area contributed by atoms with Crippen molar-refractivity contribution in [2.45, 2.75) is 6.42 Å². The van der Waals surface area contributed by atoms with E-state index in [0.717, 1.165) is 0 Å². The first-order valence-electron chi connectivity index (χ1n) is 8.20. The standard InChI is InChI=1S/C19H16Cl2N2O4/c20-13-4-6-16(7-5-13)23-10-12(8-18(23)25)19(26)27-11-17(24)22-15-3-1-2-14(21)9-15/h1-7,9,12H,8,10-11H2,(H,22,24)/t12-/m1/s1. The van der Waals surface area contributed by atoms with E-state index in [2.05, 4.69) is 5.32 Å². The van der Waals surface area contributed by atoms with Crippen LogP contribution in [0.25, 0.3) is 0 Å². The van der Waals surface area contributed by atoms with Crippen molar-refractivity contribution in [3.8, 4) is 0 Å². The predicted octanol–water partition coefficient (Wildman–Crippen LogP) is 3.53. The van der Waals surface area contributed by atoms with Crippen molar-refractivity contribution >= 4 is 52.4 Å². The van der Waals surface area contributed by atoms with Crippen LogP contribution in [-0.2, 0) is 19.1 Å². The molecule has 2 aromatic carbocycles. The quantitative estimate of drug-likeness (QED) is 0.770. The van der Waals surface area contributed by atoms with E-state index < -0.39 is 24.4 Å². The highest BCUT2D eigenvalue weighted by atomic mass is 35.5. The van der Waals surface area contributed by atoms with Gasteiger partial charge in [-0.2, -0.15) is 0 Å². The third-order valence-corrected chi connectivity index (χ3v) is 4.54. The molecular formula is C19H16Cl2N2O4. The van der Waals surface area contributed by atoms with Crippen molar-refractivity contribution in [1.82, 2.24) is 0 Å². The summed E-state index contributed by atoms with van der Waals surface area (Å²) in [6.07, 6.45) is 0.0391. The van der Waals surface area contributed by atoms with Crippen LogP contribution in [-0.4, -0.2) is 30.9 Å². The van der Waals surface area contributed by atoms with E-state index in [1.807, 2.05) is 0 Å². The fraction of sp³-hybridized carbons (Fsp3) is 0.211. The summed E-state index contributed by atoms with van der Waals surface area (Å²) in [6, 6.07) is 13.4. The van der Waals surface area contributed by atoms with Gasteiger partial charge in [-0.1, -0.05) is 29.3 Å². The Morgan fingerprint density at radius 3 is 2.56 bits per heavy atom. The molecule has 1 fully saturated rings. The van der Waals surface area contributed by atoms with Crippen LogP contribution in [0, 0.1) is 5.92 Å². The minimum absolute atomic E-state index is 0.0391. The summed E-state index contributed by atoms with van der Waals surface area (Å²) in [5.41, 5.74) is 1.17. The lowest BCUT2D eigenvalue weighted by molar-refractivity contribution is -0.151. The van der Waals surface area contributed by atoms with Gasteiger partial charge in [0.25, 0.3) is 5.91 Å². The number of amides is 2. The highest BCUT2D eigenvalue weighted by molar-refractivity contribution is 6.31. The molecule has 1 aliphatic heterocycles. The summed E-state index contributed by atoms with van der Waals surface area (Å²) >= 11 is 11.7. The van der Waals surface area contributed by atoms with Crippen LogP contribution in [0.2, 0.25) is 10.0 Å². The Morgan fingerprint density at radius 2 is 1.85 bits per heavy atom. The molecule has 140 valence electrons. The van der Waals surface area contributed by atoms with Gasteiger partial charge in [-0.3, -0.25) is 14.4 Å². The molecule has 1 aliphatic rings. The number of rotatable bonds is 5. The molecule has 1 saturated heterocycles. The second kappa shape index (κ2) is 8.41. The minimum Gasteiger partial charge on any atom is -0.455 e. The minimum atomic E-state index is -0.618. The van der Waals surface area contributed by atoms with Gasteiger partial charge in [0, 0.05) is 34.4 Å². The maximum absolute atomic E-state index is 12.2. The monoisotopic (exact) mass is 406 g/mol. The lowest BCUT2D eigenvalue weighted by Crippen LogP contribution is -2.28. The number of carbonyl (C=O) groups excluding carboxylic acids is 3. The molecule has 0 aromatic heterocycles. The molecule has 0 spiro atoms. The number of anilines is 2. The van der Waals surface area contributed by atoms with Gasteiger partial charge < -0.3 is 15.0 Å². The van der Waals surface area contributed by atoms with Crippen LogP contribution in [0.5, 0.6) is 0 Å². The first-order valence-corrected chi connectivity index (χ1v) is 8.96. The van der Waals surface area contributed by atoms with Crippen molar-refractivity contribution in [3.63, 3.8) is 0 Å². The van der Waals surface area contributed by atoms with Gasteiger partial charge in [0.1, 0.15) is 0 Å². The fourth-order valence-corrected chi connectivity index (χ4v) is 3.07. The van der Waals surface area contributed by atoms with E-state index in [0.29, 0.717) is 21.4 Å². The summed E-state index contributed by atoms with van der Waals surface area (Å²) < 4.78 is 5.06. The van der Waals surface area contributed by atoms with E-state index >= 15 is 0 Å². The normalized spacial score (nSPS) is 16.3. The van der Waals surface area contributed by atoms with Crippen LogP contribution >= 0.6 is 23.2 Å². The summed E-state index contributed by atoms with van der Waals surface area (Å²) in [6.45, 7) is -0.230. The summed E-state index contributed by atoms with van der Waals surface area (Å²) in [7, 11) is 0. The molecule has 1 atom stereocenters. The lowest BCUT2D eigenvalue weighted by Gasteiger charge is -2.16. The van der Waals surface area contributed by atoms with Gasteiger partial charge >= 0.3 is 5.97 Å².